The summed E-state index contributed by atoms with van der Waals surface area (Å²) in [6, 6.07) is 23.4. The van der Waals surface area contributed by atoms with Crippen LogP contribution >= 0.6 is 0 Å². The third-order valence-corrected chi connectivity index (χ3v) is 4.16. The summed E-state index contributed by atoms with van der Waals surface area (Å²) in [6.45, 7) is 0. The minimum atomic E-state index is 0.247. The van der Waals surface area contributed by atoms with Crippen molar-refractivity contribution in [2.45, 2.75) is 6.42 Å². The van der Waals surface area contributed by atoms with Crippen LogP contribution in [0.4, 0.5) is 5.95 Å². The summed E-state index contributed by atoms with van der Waals surface area (Å²) in [5.41, 5.74) is 11.6. The highest BCUT2D eigenvalue weighted by Gasteiger charge is 2.11. The SMILES string of the molecule is N#Cc1ccc(-c2ccc3nc(N)nc(Cc4ccccc4)c3n2)cc1. The summed E-state index contributed by atoms with van der Waals surface area (Å²) >= 11 is 0. The second-order valence-electron chi connectivity index (χ2n) is 5.94. The molecule has 0 amide bonds. The van der Waals surface area contributed by atoms with E-state index in [-0.39, 0.29) is 5.95 Å². The molecule has 26 heavy (non-hydrogen) atoms. The first kappa shape index (κ1) is 15.7. The molecule has 0 radical (unpaired) electrons. The fraction of sp³-hybridized carbons (Fsp3) is 0.0476. The lowest BCUT2D eigenvalue weighted by Crippen LogP contribution is -2.03. The van der Waals surface area contributed by atoms with Crippen LogP contribution in [-0.4, -0.2) is 15.0 Å². The Bertz CT molecular complexity index is 1110. The first-order valence-corrected chi connectivity index (χ1v) is 8.20. The van der Waals surface area contributed by atoms with Crippen molar-refractivity contribution in [2.24, 2.45) is 0 Å². The maximum absolute atomic E-state index is 8.95. The number of rotatable bonds is 3. The van der Waals surface area contributed by atoms with Gasteiger partial charge < -0.3 is 5.73 Å². The number of nitriles is 1. The Morgan fingerprint density at radius 1 is 0.846 bits per heavy atom. The highest BCUT2D eigenvalue weighted by molar-refractivity contribution is 5.81. The quantitative estimate of drug-likeness (QED) is 0.615. The Labute approximate surface area is 150 Å². The molecule has 0 spiro atoms. The van der Waals surface area contributed by atoms with Crippen LogP contribution in [-0.2, 0) is 6.42 Å². The Balaban J connectivity index is 1.82. The molecule has 0 saturated carbocycles. The molecule has 5 nitrogen and oxygen atoms in total. The van der Waals surface area contributed by atoms with E-state index in [1.54, 1.807) is 12.1 Å². The molecule has 0 atom stereocenters. The highest BCUT2D eigenvalue weighted by Crippen LogP contribution is 2.24. The summed E-state index contributed by atoms with van der Waals surface area (Å²) < 4.78 is 0. The Morgan fingerprint density at radius 3 is 2.35 bits per heavy atom. The molecule has 0 aliphatic carbocycles. The van der Waals surface area contributed by atoms with Gasteiger partial charge in [-0.1, -0.05) is 42.5 Å². The van der Waals surface area contributed by atoms with E-state index < -0.39 is 0 Å². The smallest absolute Gasteiger partial charge is 0.220 e. The molecule has 124 valence electrons. The van der Waals surface area contributed by atoms with Crippen LogP contribution in [0.25, 0.3) is 22.3 Å². The number of anilines is 1. The van der Waals surface area contributed by atoms with Crippen molar-refractivity contribution in [3.8, 4) is 17.3 Å². The third-order valence-electron chi connectivity index (χ3n) is 4.16. The first-order valence-electron chi connectivity index (χ1n) is 8.20. The molecule has 4 rings (SSSR count). The molecule has 2 heterocycles. The number of nitrogen functional groups attached to an aromatic ring is 1. The third kappa shape index (κ3) is 3.08. The summed E-state index contributed by atoms with van der Waals surface area (Å²) in [5, 5.41) is 8.95. The molecular weight excluding hydrogens is 322 g/mol. The second kappa shape index (κ2) is 6.61. The second-order valence-corrected chi connectivity index (χ2v) is 5.94. The number of aromatic nitrogens is 3. The van der Waals surface area contributed by atoms with Crippen LogP contribution in [0.2, 0.25) is 0 Å². The van der Waals surface area contributed by atoms with Gasteiger partial charge in [-0.05, 0) is 29.8 Å². The van der Waals surface area contributed by atoms with Gasteiger partial charge in [-0.25, -0.2) is 15.0 Å². The van der Waals surface area contributed by atoms with E-state index >= 15 is 0 Å². The van der Waals surface area contributed by atoms with Crippen molar-refractivity contribution >= 4 is 17.0 Å². The predicted octanol–water partition coefficient (Wildman–Crippen LogP) is 3.74. The van der Waals surface area contributed by atoms with Gasteiger partial charge in [0.05, 0.1) is 28.5 Å². The zero-order valence-corrected chi connectivity index (χ0v) is 13.9. The lowest BCUT2D eigenvalue weighted by Gasteiger charge is -2.08. The number of hydrogen-bond donors (Lipinski definition) is 1. The average molecular weight is 337 g/mol. The van der Waals surface area contributed by atoms with E-state index in [1.807, 2.05) is 42.5 Å². The molecule has 2 N–H and O–H groups in total. The van der Waals surface area contributed by atoms with Gasteiger partial charge in [0.15, 0.2) is 0 Å². The largest absolute Gasteiger partial charge is 0.368 e. The molecule has 2 aromatic carbocycles. The van der Waals surface area contributed by atoms with Crippen LogP contribution < -0.4 is 5.73 Å². The van der Waals surface area contributed by atoms with Crippen molar-refractivity contribution in [2.75, 3.05) is 5.73 Å². The van der Waals surface area contributed by atoms with Crippen LogP contribution in [0.1, 0.15) is 16.8 Å². The molecule has 0 aliphatic heterocycles. The van der Waals surface area contributed by atoms with Crippen molar-refractivity contribution < 1.29 is 0 Å². The maximum Gasteiger partial charge on any atom is 0.220 e. The van der Waals surface area contributed by atoms with Gasteiger partial charge in [0.2, 0.25) is 5.95 Å². The minimum Gasteiger partial charge on any atom is -0.368 e. The Morgan fingerprint density at radius 2 is 1.62 bits per heavy atom. The number of nitrogens with zero attached hydrogens (tertiary/aromatic N) is 4. The summed E-state index contributed by atoms with van der Waals surface area (Å²) in [6.07, 6.45) is 0.633. The molecule has 0 unspecified atom stereocenters. The number of fused-ring (bicyclic) bond motifs is 1. The molecule has 4 aromatic rings. The highest BCUT2D eigenvalue weighted by atomic mass is 15.0. The zero-order valence-electron chi connectivity index (χ0n) is 13.9. The van der Waals surface area contributed by atoms with Crippen LogP contribution in [0.15, 0.2) is 66.7 Å². The van der Waals surface area contributed by atoms with Crippen molar-refractivity contribution in [1.29, 1.82) is 5.26 Å². The van der Waals surface area contributed by atoms with E-state index in [0.29, 0.717) is 12.0 Å². The lowest BCUT2D eigenvalue weighted by molar-refractivity contribution is 1.06. The molecular formula is C21H15N5. The molecule has 2 aromatic heterocycles. The Kier molecular flexibility index (Phi) is 4.00. The molecule has 0 bridgehead atoms. The van der Waals surface area contributed by atoms with Gasteiger partial charge >= 0.3 is 0 Å². The summed E-state index contributed by atoms with van der Waals surface area (Å²) in [7, 11) is 0. The standard InChI is InChI=1S/C21H15N5/c22-13-15-6-8-16(9-7-15)17-10-11-18-20(24-17)19(26-21(23)25-18)12-14-4-2-1-3-5-14/h1-11H,12H2,(H2,23,25,26). The minimum absolute atomic E-state index is 0.247. The fourth-order valence-corrected chi connectivity index (χ4v) is 2.88. The lowest BCUT2D eigenvalue weighted by atomic mass is 10.1. The summed E-state index contributed by atoms with van der Waals surface area (Å²) in [4.78, 5) is 13.5. The van der Waals surface area contributed by atoms with E-state index in [2.05, 4.69) is 28.2 Å². The average Bonchev–Trinajstić information content (AvgIpc) is 2.68. The van der Waals surface area contributed by atoms with Crippen molar-refractivity contribution in [1.82, 2.24) is 15.0 Å². The molecule has 0 fully saturated rings. The molecule has 0 aliphatic rings. The molecule has 5 heteroatoms. The topological polar surface area (TPSA) is 88.5 Å². The van der Waals surface area contributed by atoms with E-state index in [4.69, 9.17) is 16.0 Å². The van der Waals surface area contributed by atoms with Crippen LogP contribution in [0.3, 0.4) is 0 Å². The van der Waals surface area contributed by atoms with Gasteiger partial charge in [0.1, 0.15) is 5.52 Å². The number of nitrogens with two attached hydrogens (primary N) is 1. The van der Waals surface area contributed by atoms with E-state index in [9.17, 15) is 0 Å². The number of benzene rings is 2. The van der Waals surface area contributed by atoms with Crippen LogP contribution in [0, 0.1) is 11.3 Å². The predicted molar refractivity (Wildman–Crippen MR) is 101 cm³/mol. The monoisotopic (exact) mass is 337 g/mol. The van der Waals surface area contributed by atoms with Crippen molar-refractivity contribution in [3.05, 3.63) is 83.6 Å². The fourth-order valence-electron chi connectivity index (χ4n) is 2.88. The molecule has 0 saturated heterocycles. The van der Waals surface area contributed by atoms with Gasteiger partial charge in [0, 0.05) is 12.0 Å². The van der Waals surface area contributed by atoms with Crippen molar-refractivity contribution in [3.63, 3.8) is 0 Å². The van der Waals surface area contributed by atoms with Gasteiger partial charge in [0.25, 0.3) is 0 Å². The van der Waals surface area contributed by atoms with E-state index in [1.165, 1.54) is 0 Å². The normalized spacial score (nSPS) is 10.6. The van der Waals surface area contributed by atoms with Gasteiger partial charge in [-0.15, -0.1) is 0 Å². The van der Waals surface area contributed by atoms with Gasteiger partial charge in [-0.3, -0.25) is 0 Å². The van der Waals surface area contributed by atoms with Gasteiger partial charge in [-0.2, -0.15) is 5.26 Å². The maximum atomic E-state index is 8.95. The van der Waals surface area contributed by atoms with Crippen LogP contribution in [0.5, 0.6) is 0 Å². The van der Waals surface area contributed by atoms with E-state index in [0.717, 1.165) is 33.5 Å². The number of hydrogen-bond acceptors (Lipinski definition) is 5. The number of pyridine rings is 1. The Hall–Kier alpha value is -3.78. The first-order chi connectivity index (χ1) is 12.7. The summed E-state index contributed by atoms with van der Waals surface area (Å²) in [5.74, 6) is 0.247. The zero-order chi connectivity index (χ0) is 17.9.